The van der Waals surface area contributed by atoms with Crippen LogP contribution in [-0.2, 0) is 24.2 Å². The summed E-state index contributed by atoms with van der Waals surface area (Å²) in [6.45, 7) is 2.75. The van der Waals surface area contributed by atoms with Crippen LogP contribution in [0, 0.1) is 0 Å². The van der Waals surface area contributed by atoms with Gasteiger partial charge < -0.3 is 14.2 Å². The summed E-state index contributed by atoms with van der Waals surface area (Å²) >= 11 is 1.08. The highest BCUT2D eigenvalue weighted by Crippen LogP contribution is 2.19. The van der Waals surface area contributed by atoms with Gasteiger partial charge in [-0.05, 0) is 31.2 Å². The van der Waals surface area contributed by atoms with E-state index in [0.29, 0.717) is 0 Å². The number of sulfonamides is 1. The van der Waals surface area contributed by atoms with Crippen molar-refractivity contribution >= 4 is 38.4 Å². The lowest BCUT2D eigenvalue weighted by Gasteiger charge is -2.21. The second-order valence-electron chi connectivity index (χ2n) is 6.13. The van der Waals surface area contributed by atoms with Gasteiger partial charge in [0, 0.05) is 38.3 Å². The SMILES string of the molecule is CCOC(=O)c1csc(NC(=O)c2ccc(S(=O)(=O)N(CCOC)CCOC)cc2)n1. The molecule has 10 nitrogen and oxygen atoms in total. The number of nitrogens with one attached hydrogen (secondary N) is 1. The Kier molecular flexibility index (Phi) is 9.52. The van der Waals surface area contributed by atoms with Crippen LogP contribution in [0.5, 0.6) is 0 Å². The molecule has 0 aliphatic rings. The van der Waals surface area contributed by atoms with Crippen molar-refractivity contribution in [3.63, 3.8) is 0 Å². The number of hydrogen-bond acceptors (Lipinski definition) is 9. The lowest BCUT2D eigenvalue weighted by atomic mass is 10.2. The topological polar surface area (TPSA) is 124 Å². The molecule has 0 spiro atoms. The Labute approximate surface area is 185 Å². The van der Waals surface area contributed by atoms with E-state index < -0.39 is 21.9 Å². The Hall–Kier alpha value is -2.38. The van der Waals surface area contributed by atoms with E-state index in [4.69, 9.17) is 14.2 Å². The van der Waals surface area contributed by atoms with Crippen molar-refractivity contribution in [2.24, 2.45) is 0 Å². The molecule has 0 saturated heterocycles. The fraction of sp³-hybridized carbons (Fsp3) is 0.421. The Balaban J connectivity index is 2.10. The van der Waals surface area contributed by atoms with Crippen LogP contribution in [0.3, 0.4) is 0 Å². The highest BCUT2D eigenvalue weighted by molar-refractivity contribution is 7.89. The predicted molar refractivity (Wildman–Crippen MR) is 115 cm³/mol. The van der Waals surface area contributed by atoms with Crippen LogP contribution >= 0.6 is 11.3 Å². The standard InChI is InChI=1S/C19H25N3O7S2/c1-4-29-18(24)16-13-30-19(20-16)21-17(23)14-5-7-15(8-6-14)31(25,26)22(9-11-27-2)10-12-28-3/h5-8,13H,4,9-12H2,1-3H3,(H,20,21,23). The minimum atomic E-state index is -3.78. The van der Waals surface area contributed by atoms with E-state index in [1.807, 2.05) is 0 Å². The molecule has 1 amide bonds. The summed E-state index contributed by atoms with van der Waals surface area (Å²) in [4.78, 5) is 28.2. The van der Waals surface area contributed by atoms with Crippen LogP contribution in [0.1, 0.15) is 27.8 Å². The van der Waals surface area contributed by atoms with Gasteiger partial charge in [0.25, 0.3) is 5.91 Å². The van der Waals surface area contributed by atoms with Crippen LogP contribution in [0.4, 0.5) is 5.13 Å². The summed E-state index contributed by atoms with van der Waals surface area (Å²) in [5.74, 6) is -1.05. The summed E-state index contributed by atoms with van der Waals surface area (Å²) in [7, 11) is -0.793. The first-order valence-electron chi connectivity index (χ1n) is 9.35. The summed E-state index contributed by atoms with van der Waals surface area (Å²) in [6.07, 6.45) is 0. The monoisotopic (exact) mass is 471 g/mol. The van der Waals surface area contributed by atoms with E-state index in [1.54, 1.807) is 6.92 Å². The number of thiazole rings is 1. The molecule has 1 aromatic carbocycles. The first-order chi connectivity index (χ1) is 14.8. The first kappa shape index (κ1) is 24.9. The van der Waals surface area contributed by atoms with Crippen molar-refractivity contribution in [3.8, 4) is 0 Å². The Morgan fingerprint density at radius 3 is 2.26 bits per heavy atom. The van der Waals surface area contributed by atoms with Gasteiger partial charge in [0.1, 0.15) is 0 Å². The number of aromatic nitrogens is 1. The van der Waals surface area contributed by atoms with E-state index in [2.05, 4.69) is 10.3 Å². The summed E-state index contributed by atoms with van der Waals surface area (Å²) < 4.78 is 41.9. The van der Waals surface area contributed by atoms with E-state index >= 15 is 0 Å². The van der Waals surface area contributed by atoms with E-state index in [-0.39, 0.29) is 54.2 Å². The molecule has 0 radical (unpaired) electrons. The van der Waals surface area contributed by atoms with Gasteiger partial charge in [-0.2, -0.15) is 4.31 Å². The third-order valence-corrected chi connectivity index (χ3v) is 6.72. The zero-order valence-corrected chi connectivity index (χ0v) is 19.1. The fourth-order valence-electron chi connectivity index (χ4n) is 2.46. The molecule has 0 aliphatic heterocycles. The van der Waals surface area contributed by atoms with Gasteiger partial charge >= 0.3 is 5.97 Å². The maximum Gasteiger partial charge on any atom is 0.357 e. The van der Waals surface area contributed by atoms with Gasteiger partial charge in [-0.25, -0.2) is 18.2 Å². The van der Waals surface area contributed by atoms with Gasteiger partial charge in [0.15, 0.2) is 10.8 Å². The molecule has 0 atom stereocenters. The highest BCUT2D eigenvalue weighted by Gasteiger charge is 2.24. The van der Waals surface area contributed by atoms with Crippen molar-refractivity contribution in [2.75, 3.05) is 52.4 Å². The number of anilines is 1. The van der Waals surface area contributed by atoms with Crippen molar-refractivity contribution in [2.45, 2.75) is 11.8 Å². The van der Waals surface area contributed by atoms with Crippen LogP contribution in [0.25, 0.3) is 0 Å². The summed E-state index contributed by atoms with van der Waals surface area (Å²) in [5.41, 5.74) is 0.350. The number of carbonyl (C=O) groups is 2. The molecule has 0 aliphatic carbocycles. The Morgan fingerprint density at radius 1 is 1.10 bits per heavy atom. The second kappa shape index (κ2) is 11.9. The fourth-order valence-corrected chi connectivity index (χ4v) is 4.55. The molecule has 0 unspecified atom stereocenters. The molecular formula is C19H25N3O7S2. The quantitative estimate of drug-likeness (QED) is 0.465. The van der Waals surface area contributed by atoms with E-state index in [1.165, 1.54) is 48.2 Å². The Morgan fingerprint density at radius 2 is 1.71 bits per heavy atom. The molecule has 12 heteroatoms. The maximum atomic E-state index is 12.9. The van der Waals surface area contributed by atoms with Crippen LogP contribution < -0.4 is 5.32 Å². The molecule has 2 rings (SSSR count). The average molecular weight is 472 g/mol. The number of esters is 1. The van der Waals surface area contributed by atoms with Gasteiger partial charge in [0.2, 0.25) is 10.0 Å². The van der Waals surface area contributed by atoms with Crippen LogP contribution in [0.15, 0.2) is 34.5 Å². The first-order valence-corrected chi connectivity index (χ1v) is 11.7. The predicted octanol–water partition coefficient (Wildman–Crippen LogP) is 1.86. The molecule has 1 aromatic heterocycles. The smallest absolute Gasteiger partial charge is 0.357 e. The second-order valence-corrected chi connectivity index (χ2v) is 8.92. The van der Waals surface area contributed by atoms with Crippen LogP contribution in [-0.4, -0.2) is 76.7 Å². The lowest BCUT2D eigenvalue weighted by Crippen LogP contribution is -2.36. The minimum absolute atomic E-state index is 0.0510. The van der Waals surface area contributed by atoms with Crippen molar-refractivity contribution in [3.05, 3.63) is 40.9 Å². The van der Waals surface area contributed by atoms with Gasteiger partial charge in [-0.1, -0.05) is 0 Å². The molecule has 0 fully saturated rings. The van der Waals surface area contributed by atoms with Gasteiger partial charge in [0.05, 0.1) is 24.7 Å². The zero-order chi connectivity index (χ0) is 22.9. The molecule has 1 N–H and O–H groups in total. The Bertz CT molecular complexity index is 967. The van der Waals surface area contributed by atoms with E-state index in [0.717, 1.165) is 11.3 Å². The highest BCUT2D eigenvalue weighted by atomic mass is 32.2. The molecule has 0 bridgehead atoms. The van der Waals surface area contributed by atoms with Gasteiger partial charge in [-0.3, -0.25) is 10.1 Å². The number of methoxy groups -OCH3 is 2. The maximum absolute atomic E-state index is 12.9. The van der Waals surface area contributed by atoms with Gasteiger partial charge in [-0.15, -0.1) is 11.3 Å². The van der Waals surface area contributed by atoms with E-state index in [9.17, 15) is 18.0 Å². The number of amides is 1. The number of benzene rings is 1. The number of hydrogen-bond donors (Lipinski definition) is 1. The minimum Gasteiger partial charge on any atom is -0.461 e. The third kappa shape index (κ3) is 6.80. The average Bonchev–Trinajstić information content (AvgIpc) is 3.22. The molecule has 1 heterocycles. The largest absolute Gasteiger partial charge is 0.461 e. The number of nitrogens with zero attached hydrogens (tertiary/aromatic N) is 2. The number of carbonyl (C=O) groups excluding carboxylic acids is 2. The molecular weight excluding hydrogens is 446 g/mol. The summed E-state index contributed by atoms with van der Waals surface area (Å²) in [5, 5.41) is 4.30. The molecule has 2 aromatic rings. The molecule has 31 heavy (non-hydrogen) atoms. The van der Waals surface area contributed by atoms with Crippen molar-refractivity contribution in [1.29, 1.82) is 0 Å². The van der Waals surface area contributed by atoms with Crippen LogP contribution in [0.2, 0.25) is 0 Å². The summed E-state index contributed by atoms with van der Waals surface area (Å²) in [6, 6.07) is 5.55. The van der Waals surface area contributed by atoms with Crippen molar-refractivity contribution in [1.82, 2.24) is 9.29 Å². The van der Waals surface area contributed by atoms with Crippen molar-refractivity contribution < 1.29 is 32.2 Å². The molecule has 0 saturated carbocycles. The normalized spacial score (nSPS) is 11.5. The number of ether oxygens (including phenoxy) is 3. The third-order valence-electron chi connectivity index (χ3n) is 4.05. The lowest BCUT2D eigenvalue weighted by molar-refractivity contribution is 0.0520. The zero-order valence-electron chi connectivity index (χ0n) is 17.5. The molecule has 170 valence electrons. The number of rotatable bonds is 12.